The minimum absolute atomic E-state index is 0.495. The summed E-state index contributed by atoms with van der Waals surface area (Å²) in [6.45, 7) is 0. The Morgan fingerprint density at radius 2 is 0.968 bits per heavy atom. The molecule has 1 unspecified atom stereocenters. The fourth-order valence-corrected chi connectivity index (χ4v) is 9.94. The first-order valence-electron chi connectivity index (χ1n) is 21.1. The van der Waals surface area contributed by atoms with Crippen molar-refractivity contribution in [2.75, 3.05) is 0 Å². The van der Waals surface area contributed by atoms with E-state index in [1.54, 1.807) is 0 Å². The normalized spacial score (nSPS) is 14.2. The molecular weight excluding hydrogens is 753 g/mol. The molecule has 11 aromatic rings. The van der Waals surface area contributed by atoms with E-state index < -0.39 is 5.41 Å². The Hall–Kier alpha value is -8.21. The summed E-state index contributed by atoms with van der Waals surface area (Å²) in [5.41, 5.74) is 17.6. The van der Waals surface area contributed by atoms with Crippen molar-refractivity contribution < 1.29 is 0 Å². The number of hydrogen-bond donors (Lipinski definition) is 0. The smallest absolute Gasteiger partial charge is 0.160 e. The first-order chi connectivity index (χ1) is 30.8. The van der Waals surface area contributed by atoms with Gasteiger partial charge in [0.05, 0.1) is 27.8 Å². The molecule has 290 valence electrons. The third-order valence-electron chi connectivity index (χ3n) is 12.6. The van der Waals surface area contributed by atoms with Gasteiger partial charge in [-0.25, -0.2) is 9.97 Å². The average Bonchev–Trinajstić information content (AvgIpc) is 3.86. The zero-order valence-corrected chi connectivity index (χ0v) is 33.7. The highest BCUT2D eigenvalue weighted by Gasteiger charge is 2.46. The molecule has 4 heteroatoms. The van der Waals surface area contributed by atoms with Crippen molar-refractivity contribution in [1.29, 1.82) is 0 Å². The Balaban J connectivity index is 1.03. The molecule has 12 rings (SSSR count). The highest BCUT2D eigenvalue weighted by molar-refractivity contribution is 6.11. The van der Waals surface area contributed by atoms with Crippen LogP contribution in [0, 0.1) is 0 Å². The summed E-state index contributed by atoms with van der Waals surface area (Å²) in [6.07, 6.45) is 3.84. The largest absolute Gasteiger partial charge is 0.309 e. The molecule has 0 aliphatic heterocycles. The second-order valence-electron chi connectivity index (χ2n) is 16.0. The Kier molecular flexibility index (Phi) is 8.36. The van der Waals surface area contributed by atoms with Gasteiger partial charge in [-0.2, -0.15) is 0 Å². The van der Waals surface area contributed by atoms with Gasteiger partial charge in [0.2, 0.25) is 0 Å². The predicted octanol–water partition coefficient (Wildman–Crippen LogP) is 14.0. The molecular formula is C58H38N4. The van der Waals surface area contributed by atoms with Crippen LogP contribution in [-0.4, -0.2) is 19.5 Å². The van der Waals surface area contributed by atoms with Gasteiger partial charge in [-0.05, 0) is 93.0 Å². The monoisotopic (exact) mass is 790 g/mol. The second kappa shape index (κ2) is 14.5. The van der Waals surface area contributed by atoms with Gasteiger partial charge in [-0.15, -0.1) is 0 Å². The molecule has 1 atom stereocenters. The molecule has 0 radical (unpaired) electrons. The Labute approximate surface area is 360 Å². The maximum Gasteiger partial charge on any atom is 0.160 e. The lowest BCUT2D eigenvalue weighted by Gasteiger charge is -2.33. The van der Waals surface area contributed by atoms with Crippen LogP contribution in [0.15, 0.2) is 231 Å². The predicted molar refractivity (Wildman–Crippen MR) is 253 cm³/mol. The molecule has 0 N–H and O–H groups in total. The van der Waals surface area contributed by atoms with E-state index in [2.05, 4.69) is 204 Å². The second-order valence-corrected chi connectivity index (χ2v) is 16.0. The number of benzene rings is 8. The summed E-state index contributed by atoms with van der Waals surface area (Å²) < 4.78 is 2.39. The standard InChI is InChI=1S/C58H38N4/c1-4-16-39(17-5-1)52-38-53(61-57(60-52)40-18-6-2-7-19-40)42-20-14-23-45(36-42)62-54-29-13-11-24-47(54)49-37-41(30-31-55(49)62)46-26-15-28-51-56(46)48-25-10-12-27-50(48)58(51,43-21-8-3-9-22-43)44-32-34-59-35-33-44/h1-38H. The number of nitrogens with zero attached hydrogens (tertiary/aromatic N) is 4. The van der Waals surface area contributed by atoms with E-state index in [-0.39, 0.29) is 0 Å². The van der Waals surface area contributed by atoms with Crippen LogP contribution in [0.3, 0.4) is 0 Å². The van der Waals surface area contributed by atoms with Crippen molar-refractivity contribution in [1.82, 2.24) is 19.5 Å². The molecule has 3 heterocycles. The molecule has 0 amide bonds. The van der Waals surface area contributed by atoms with Gasteiger partial charge in [0.1, 0.15) is 0 Å². The van der Waals surface area contributed by atoms with Crippen LogP contribution < -0.4 is 0 Å². The van der Waals surface area contributed by atoms with Crippen LogP contribution in [0.25, 0.3) is 83.6 Å². The van der Waals surface area contributed by atoms with E-state index in [0.717, 1.165) is 44.8 Å². The van der Waals surface area contributed by atoms with Crippen molar-refractivity contribution in [2.24, 2.45) is 0 Å². The number of fused-ring (bicyclic) bond motifs is 6. The van der Waals surface area contributed by atoms with Gasteiger partial charge in [0.25, 0.3) is 0 Å². The molecule has 1 aliphatic carbocycles. The molecule has 3 aromatic heterocycles. The summed E-state index contributed by atoms with van der Waals surface area (Å²) in [7, 11) is 0. The summed E-state index contributed by atoms with van der Waals surface area (Å²) in [4.78, 5) is 14.6. The van der Waals surface area contributed by atoms with Gasteiger partial charge in [-0.1, -0.05) is 170 Å². The molecule has 62 heavy (non-hydrogen) atoms. The van der Waals surface area contributed by atoms with Crippen molar-refractivity contribution in [2.45, 2.75) is 5.41 Å². The van der Waals surface area contributed by atoms with E-state index in [1.165, 1.54) is 55.3 Å². The van der Waals surface area contributed by atoms with Crippen LogP contribution in [0.5, 0.6) is 0 Å². The Morgan fingerprint density at radius 3 is 1.77 bits per heavy atom. The minimum atomic E-state index is -0.495. The van der Waals surface area contributed by atoms with E-state index in [9.17, 15) is 0 Å². The first-order valence-corrected chi connectivity index (χ1v) is 21.1. The number of pyridine rings is 1. The quantitative estimate of drug-likeness (QED) is 0.161. The first kappa shape index (κ1) is 35.7. The molecule has 8 aromatic carbocycles. The average molecular weight is 791 g/mol. The molecule has 0 saturated carbocycles. The third kappa shape index (κ3) is 5.58. The van der Waals surface area contributed by atoms with Gasteiger partial charge in [-0.3, -0.25) is 4.98 Å². The summed E-state index contributed by atoms with van der Waals surface area (Å²) >= 11 is 0. The zero-order valence-electron chi connectivity index (χ0n) is 33.7. The highest BCUT2D eigenvalue weighted by atomic mass is 15.0. The third-order valence-corrected chi connectivity index (χ3v) is 12.6. The molecule has 1 aliphatic rings. The van der Waals surface area contributed by atoms with Gasteiger partial charge in [0.15, 0.2) is 5.82 Å². The van der Waals surface area contributed by atoms with E-state index >= 15 is 0 Å². The lowest BCUT2D eigenvalue weighted by Crippen LogP contribution is -2.28. The van der Waals surface area contributed by atoms with Crippen LogP contribution in [-0.2, 0) is 5.41 Å². The number of hydrogen-bond acceptors (Lipinski definition) is 3. The minimum Gasteiger partial charge on any atom is -0.309 e. The van der Waals surface area contributed by atoms with Gasteiger partial charge in [0, 0.05) is 45.5 Å². The van der Waals surface area contributed by atoms with Crippen LogP contribution in [0.1, 0.15) is 22.3 Å². The molecule has 0 fully saturated rings. The SMILES string of the molecule is c1ccc(-c2cc(-c3cccc(-n4c5ccccc5c5cc(-c6cccc7c6-c6ccccc6C7(c6ccccc6)c6ccncc6)ccc54)c3)nc(-c3ccccc3)n2)cc1. The Bertz CT molecular complexity index is 3350. The maximum absolute atomic E-state index is 5.16. The van der Waals surface area contributed by atoms with E-state index in [1.807, 2.05) is 36.7 Å². The number of para-hydroxylation sites is 1. The molecule has 4 nitrogen and oxygen atoms in total. The van der Waals surface area contributed by atoms with Crippen molar-refractivity contribution in [3.63, 3.8) is 0 Å². The van der Waals surface area contributed by atoms with Gasteiger partial charge < -0.3 is 4.57 Å². The fourth-order valence-electron chi connectivity index (χ4n) is 9.94. The van der Waals surface area contributed by atoms with Crippen molar-refractivity contribution in [3.05, 3.63) is 253 Å². The van der Waals surface area contributed by atoms with Gasteiger partial charge >= 0.3 is 0 Å². The number of aromatic nitrogens is 4. The summed E-state index contributed by atoms with van der Waals surface area (Å²) in [6, 6.07) is 78.3. The van der Waals surface area contributed by atoms with Crippen molar-refractivity contribution in [3.8, 4) is 61.8 Å². The lowest BCUT2D eigenvalue weighted by atomic mass is 9.68. The lowest BCUT2D eigenvalue weighted by molar-refractivity contribution is 0.766. The van der Waals surface area contributed by atoms with Crippen LogP contribution >= 0.6 is 0 Å². The highest BCUT2D eigenvalue weighted by Crippen LogP contribution is 2.58. The topological polar surface area (TPSA) is 43.6 Å². The zero-order chi connectivity index (χ0) is 41.0. The number of rotatable bonds is 7. The van der Waals surface area contributed by atoms with Crippen molar-refractivity contribution >= 4 is 21.8 Å². The van der Waals surface area contributed by atoms with E-state index in [4.69, 9.17) is 9.97 Å². The molecule has 0 saturated heterocycles. The summed E-state index contributed by atoms with van der Waals surface area (Å²) in [5, 5.41) is 2.41. The van der Waals surface area contributed by atoms with Crippen LogP contribution in [0.4, 0.5) is 0 Å². The maximum atomic E-state index is 5.16. The summed E-state index contributed by atoms with van der Waals surface area (Å²) in [5.74, 6) is 0.702. The molecule has 0 bridgehead atoms. The van der Waals surface area contributed by atoms with E-state index in [0.29, 0.717) is 5.82 Å². The fraction of sp³-hybridized carbons (Fsp3) is 0.0172. The molecule has 0 spiro atoms. The Morgan fingerprint density at radius 1 is 0.371 bits per heavy atom. The van der Waals surface area contributed by atoms with Crippen LogP contribution in [0.2, 0.25) is 0 Å².